The Morgan fingerprint density at radius 2 is 2.17 bits per heavy atom. The minimum atomic E-state index is -0.429. The van der Waals surface area contributed by atoms with Crippen LogP contribution in [0.3, 0.4) is 0 Å². The van der Waals surface area contributed by atoms with Gasteiger partial charge in [0.15, 0.2) is 0 Å². The Labute approximate surface area is 173 Å². The average molecular weight is 412 g/mol. The number of para-hydroxylation sites is 1. The third kappa shape index (κ3) is 3.79. The van der Waals surface area contributed by atoms with Crippen LogP contribution in [-0.4, -0.2) is 22.6 Å². The Morgan fingerprint density at radius 3 is 2.93 bits per heavy atom. The summed E-state index contributed by atoms with van der Waals surface area (Å²) in [5.41, 5.74) is 7.40. The number of benzene rings is 1. The van der Waals surface area contributed by atoms with Crippen molar-refractivity contribution in [2.45, 2.75) is 45.6 Å². The Morgan fingerprint density at radius 1 is 1.38 bits per heavy atom. The van der Waals surface area contributed by atoms with Gasteiger partial charge in [-0.05, 0) is 36.8 Å². The number of amides is 1. The monoisotopic (exact) mass is 411 g/mol. The summed E-state index contributed by atoms with van der Waals surface area (Å²) in [7, 11) is 1.63. The first-order chi connectivity index (χ1) is 14.0. The van der Waals surface area contributed by atoms with Crippen LogP contribution in [-0.2, 0) is 30.6 Å². The number of methoxy groups -OCH3 is 1. The maximum Gasteiger partial charge on any atom is 0.262 e. The Balaban J connectivity index is 1.86. The standard InChI is InChI=1S/C22H25N3O3S/c1-13-7-8-15-17(11-13)29-21-20(15)22(27)25(10-9-18(23)26)19(24-21)12-14-5-3-4-6-16(14)28-2/h3-6,13H,7-12H2,1-2H3,(H2,23,26). The van der Waals surface area contributed by atoms with Crippen molar-refractivity contribution < 1.29 is 9.53 Å². The molecule has 152 valence electrons. The van der Waals surface area contributed by atoms with E-state index in [4.69, 9.17) is 15.5 Å². The molecule has 4 rings (SSSR count). The zero-order valence-electron chi connectivity index (χ0n) is 16.7. The van der Waals surface area contributed by atoms with Gasteiger partial charge in [0, 0.05) is 29.8 Å². The van der Waals surface area contributed by atoms with Crippen LogP contribution in [0.4, 0.5) is 0 Å². The molecule has 2 N–H and O–H groups in total. The number of hydrogen-bond acceptors (Lipinski definition) is 5. The van der Waals surface area contributed by atoms with Crippen LogP contribution < -0.4 is 16.0 Å². The number of fused-ring (bicyclic) bond motifs is 3. The number of carbonyl (C=O) groups is 1. The summed E-state index contributed by atoms with van der Waals surface area (Å²) in [6.07, 6.45) is 3.55. The van der Waals surface area contributed by atoms with E-state index in [0.717, 1.165) is 46.4 Å². The van der Waals surface area contributed by atoms with E-state index in [1.54, 1.807) is 23.0 Å². The largest absolute Gasteiger partial charge is 0.496 e. The number of carbonyl (C=O) groups excluding carboxylic acids is 1. The third-order valence-electron chi connectivity index (χ3n) is 5.62. The Hall–Kier alpha value is -2.67. The molecular weight excluding hydrogens is 386 g/mol. The predicted molar refractivity (Wildman–Crippen MR) is 115 cm³/mol. The average Bonchev–Trinajstić information content (AvgIpc) is 3.05. The molecule has 0 aliphatic heterocycles. The predicted octanol–water partition coefficient (Wildman–Crippen LogP) is 3.06. The summed E-state index contributed by atoms with van der Waals surface area (Å²) in [6.45, 7) is 2.49. The van der Waals surface area contributed by atoms with Gasteiger partial charge < -0.3 is 10.5 Å². The fourth-order valence-electron chi connectivity index (χ4n) is 4.07. The van der Waals surface area contributed by atoms with E-state index < -0.39 is 5.91 Å². The number of aromatic nitrogens is 2. The van der Waals surface area contributed by atoms with Gasteiger partial charge in [0.1, 0.15) is 16.4 Å². The summed E-state index contributed by atoms with van der Waals surface area (Å²) in [6, 6.07) is 7.71. The van der Waals surface area contributed by atoms with Gasteiger partial charge in [-0.3, -0.25) is 14.2 Å². The first-order valence-corrected chi connectivity index (χ1v) is 10.7. The van der Waals surface area contributed by atoms with E-state index in [0.29, 0.717) is 18.2 Å². The summed E-state index contributed by atoms with van der Waals surface area (Å²) in [4.78, 5) is 31.8. The lowest BCUT2D eigenvalue weighted by Crippen LogP contribution is -2.28. The lowest BCUT2D eigenvalue weighted by molar-refractivity contribution is -0.118. The molecule has 0 bridgehead atoms. The highest BCUT2D eigenvalue weighted by atomic mass is 32.1. The number of ether oxygens (including phenoxy) is 1. The van der Waals surface area contributed by atoms with Gasteiger partial charge in [0.25, 0.3) is 5.56 Å². The minimum Gasteiger partial charge on any atom is -0.496 e. The molecule has 1 aliphatic carbocycles. The van der Waals surface area contributed by atoms with E-state index in [2.05, 4.69) is 6.92 Å². The zero-order chi connectivity index (χ0) is 20.5. The van der Waals surface area contributed by atoms with Gasteiger partial charge in [0.05, 0.1) is 12.5 Å². The molecule has 0 fully saturated rings. The van der Waals surface area contributed by atoms with Crippen molar-refractivity contribution in [1.29, 1.82) is 0 Å². The highest BCUT2D eigenvalue weighted by Gasteiger charge is 2.25. The number of nitrogens with two attached hydrogens (primary N) is 1. The normalized spacial score (nSPS) is 16.0. The second-order valence-corrected chi connectivity index (χ2v) is 8.81. The van der Waals surface area contributed by atoms with E-state index in [1.165, 1.54) is 4.88 Å². The molecule has 29 heavy (non-hydrogen) atoms. The van der Waals surface area contributed by atoms with Crippen molar-refractivity contribution in [3.05, 3.63) is 56.4 Å². The topological polar surface area (TPSA) is 87.2 Å². The first kappa shape index (κ1) is 19.6. The quantitative estimate of drug-likeness (QED) is 0.675. The van der Waals surface area contributed by atoms with Crippen molar-refractivity contribution in [3.63, 3.8) is 0 Å². The maximum atomic E-state index is 13.5. The summed E-state index contributed by atoms with van der Waals surface area (Å²) in [5, 5.41) is 0.727. The van der Waals surface area contributed by atoms with Gasteiger partial charge in [-0.15, -0.1) is 11.3 Å². The number of primary amides is 1. The highest BCUT2D eigenvalue weighted by Crippen LogP contribution is 2.36. The Bertz CT molecular complexity index is 1130. The molecule has 0 saturated carbocycles. The summed E-state index contributed by atoms with van der Waals surface area (Å²) in [5.74, 6) is 1.59. The van der Waals surface area contributed by atoms with Crippen molar-refractivity contribution in [2.24, 2.45) is 11.7 Å². The van der Waals surface area contributed by atoms with Gasteiger partial charge in [-0.1, -0.05) is 25.1 Å². The second-order valence-electron chi connectivity index (χ2n) is 7.72. The van der Waals surface area contributed by atoms with Crippen molar-refractivity contribution in [3.8, 4) is 5.75 Å². The number of thiophene rings is 1. The smallest absolute Gasteiger partial charge is 0.262 e. The lowest BCUT2D eigenvalue weighted by atomic mass is 9.89. The third-order valence-corrected chi connectivity index (χ3v) is 6.77. The molecule has 1 aromatic carbocycles. The van der Waals surface area contributed by atoms with E-state index >= 15 is 0 Å². The number of hydrogen-bond donors (Lipinski definition) is 1. The summed E-state index contributed by atoms with van der Waals surface area (Å²) >= 11 is 1.64. The molecule has 1 aliphatic rings. The summed E-state index contributed by atoms with van der Waals surface area (Å²) < 4.78 is 7.09. The molecule has 0 saturated heterocycles. The SMILES string of the molecule is COc1ccccc1Cc1nc2sc3c(c2c(=O)n1CCC(N)=O)CCC(C)C3. The van der Waals surface area contributed by atoms with Crippen molar-refractivity contribution in [2.75, 3.05) is 7.11 Å². The van der Waals surface area contributed by atoms with Crippen LogP contribution >= 0.6 is 11.3 Å². The molecule has 3 aromatic rings. The molecule has 1 unspecified atom stereocenters. The van der Waals surface area contributed by atoms with Crippen LogP contribution in [0, 0.1) is 5.92 Å². The fourth-order valence-corrected chi connectivity index (χ4v) is 5.46. The van der Waals surface area contributed by atoms with Crippen molar-refractivity contribution in [1.82, 2.24) is 9.55 Å². The van der Waals surface area contributed by atoms with Crippen LogP contribution in [0.2, 0.25) is 0 Å². The van der Waals surface area contributed by atoms with Crippen molar-refractivity contribution >= 4 is 27.5 Å². The zero-order valence-corrected chi connectivity index (χ0v) is 17.6. The van der Waals surface area contributed by atoms with E-state index in [1.807, 2.05) is 24.3 Å². The molecule has 7 heteroatoms. The number of nitrogens with zero attached hydrogens (tertiary/aromatic N) is 2. The van der Waals surface area contributed by atoms with Gasteiger partial charge in [0.2, 0.25) is 5.91 Å². The first-order valence-electron chi connectivity index (χ1n) is 9.92. The van der Waals surface area contributed by atoms with Gasteiger partial charge in [-0.2, -0.15) is 0 Å². The van der Waals surface area contributed by atoms with E-state index in [-0.39, 0.29) is 18.5 Å². The van der Waals surface area contributed by atoms with Crippen LogP contribution in [0.5, 0.6) is 5.75 Å². The van der Waals surface area contributed by atoms with Crippen LogP contribution in [0.25, 0.3) is 10.2 Å². The minimum absolute atomic E-state index is 0.0619. The molecule has 0 radical (unpaired) electrons. The number of aryl methyl sites for hydroxylation is 1. The molecule has 2 aromatic heterocycles. The maximum absolute atomic E-state index is 13.5. The molecule has 0 spiro atoms. The van der Waals surface area contributed by atoms with Crippen LogP contribution in [0.1, 0.15) is 41.6 Å². The molecule has 1 atom stereocenters. The second kappa shape index (κ2) is 7.99. The van der Waals surface area contributed by atoms with Crippen LogP contribution in [0.15, 0.2) is 29.1 Å². The highest BCUT2D eigenvalue weighted by molar-refractivity contribution is 7.18. The molecule has 1 amide bonds. The lowest BCUT2D eigenvalue weighted by Gasteiger charge is -2.18. The molecule has 6 nitrogen and oxygen atoms in total. The van der Waals surface area contributed by atoms with Gasteiger partial charge >= 0.3 is 0 Å². The Kier molecular flexibility index (Phi) is 5.41. The molecule has 2 heterocycles. The van der Waals surface area contributed by atoms with Gasteiger partial charge in [-0.25, -0.2) is 4.98 Å². The van der Waals surface area contributed by atoms with E-state index in [9.17, 15) is 9.59 Å². The molecular formula is C22H25N3O3S. The number of rotatable bonds is 6. The fraction of sp³-hybridized carbons (Fsp3) is 0.409.